The monoisotopic (exact) mass is 287 g/mol. The molecule has 4 heteroatoms. The molecule has 0 saturated heterocycles. The number of nitrogens with one attached hydrogen (secondary N) is 1. The molecule has 0 bridgehead atoms. The second kappa shape index (κ2) is 5.67. The maximum absolute atomic E-state index is 12.3. The lowest BCUT2D eigenvalue weighted by molar-refractivity contribution is -0.126. The lowest BCUT2D eigenvalue weighted by Crippen LogP contribution is -2.38. The van der Waals surface area contributed by atoms with Crippen LogP contribution in [0.2, 0.25) is 0 Å². The fourth-order valence-electron chi connectivity index (χ4n) is 2.44. The molecule has 0 aliphatic carbocycles. The van der Waals surface area contributed by atoms with Crippen LogP contribution >= 0.6 is 11.3 Å². The van der Waals surface area contributed by atoms with E-state index in [2.05, 4.69) is 5.32 Å². The number of benzene rings is 1. The molecule has 0 spiro atoms. The van der Waals surface area contributed by atoms with Gasteiger partial charge in [0, 0.05) is 4.88 Å². The number of fused-ring (bicyclic) bond motifs is 1. The van der Waals surface area contributed by atoms with Crippen molar-refractivity contribution in [3.05, 3.63) is 52.2 Å². The van der Waals surface area contributed by atoms with Crippen LogP contribution in [-0.2, 0) is 11.2 Å². The van der Waals surface area contributed by atoms with E-state index >= 15 is 0 Å². The van der Waals surface area contributed by atoms with Gasteiger partial charge in [-0.1, -0.05) is 24.3 Å². The van der Waals surface area contributed by atoms with Crippen molar-refractivity contribution >= 4 is 17.2 Å². The molecule has 1 aromatic heterocycles. The molecule has 0 fully saturated rings. The third kappa shape index (κ3) is 2.70. The summed E-state index contributed by atoms with van der Waals surface area (Å²) in [6.07, 6.45) is 0.749. The number of hydrogen-bond acceptors (Lipinski definition) is 3. The van der Waals surface area contributed by atoms with E-state index in [-0.39, 0.29) is 17.9 Å². The molecular formula is C16H17NO2S. The van der Waals surface area contributed by atoms with Crippen molar-refractivity contribution in [2.75, 3.05) is 6.61 Å². The quantitative estimate of drug-likeness (QED) is 0.941. The average molecular weight is 287 g/mol. The van der Waals surface area contributed by atoms with E-state index in [0.29, 0.717) is 6.61 Å². The molecule has 0 unspecified atom stereocenters. The van der Waals surface area contributed by atoms with Crippen molar-refractivity contribution in [1.82, 2.24) is 5.32 Å². The maximum atomic E-state index is 12.3. The maximum Gasteiger partial charge on any atom is 0.227 e. The van der Waals surface area contributed by atoms with Gasteiger partial charge in [0.2, 0.25) is 5.91 Å². The summed E-state index contributed by atoms with van der Waals surface area (Å²) in [7, 11) is 0. The zero-order valence-electron chi connectivity index (χ0n) is 11.3. The average Bonchev–Trinajstić information content (AvgIpc) is 3.01. The Morgan fingerprint density at radius 2 is 2.20 bits per heavy atom. The number of amides is 1. The second-order valence-electron chi connectivity index (χ2n) is 5.07. The Morgan fingerprint density at radius 1 is 1.35 bits per heavy atom. The van der Waals surface area contributed by atoms with E-state index < -0.39 is 0 Å². The van der Waals surface area contributed by atoms with E-state index in [9.17, 15) is 4.79 Å². The number of thiophene rings is 1. The van der Waals surface area contributed by atoms with Gasteiger partial charge in [0.1, 0.15) is 12.4 Å². The molecule has 2 heterocycles. The fraction of sp³-hybridized carbons (Fsp3) is 0.312. The van der Waals surface area contributed by atoms with Gasteiger partial charge < -0.3 is 10.1 Å². The Labute approximate surface area is 122 Å². The summed E-state index contributed by atoms with van der Waals surface area (Å²) in [5, 5.41) is 5.10. The van der Waals surface area contributed by atoms with Gasteiger partial charge in [0.15, 0.2) is 0 Å². The van der Waals surface area contributed by atoms with Gasteiger partial charge in [-0.2, -0.15) is 0 Å². The summed E-state index contributed by atoms with van der Waals surface area (Å²) in [6.45, 7) is 2.47. The van der Waals surface area contributed by atoms with Crippen LogP contribution in [0.3, 0.4) is 0 Å². The number of carbonyl (C=O) groups excluding carboxylic acids is 1. The molecule has 1 aliphatic rings. The highest BCUT2D eigenvalue weighted by Gasteiger charge is 2.26. The zero-order chi connectivity index (χ0) is 13.9. The Bertz CT molecular complexity index is 594. The standard InChI is InChI=1S/C16H17NO2S/c1-11(15-7-4-8-20-15)17-16(18)13-9-12-5-2-3-6-14(12)19-10-13/h2-8,11,13H,9-10H2,1H3,(H,17,18)/t11-,13+/m1/s1. The van der Waals surface area contributed by atoms with Gasteiger partial charge in [0.05, 0.1) is 12.0 Å². The van der Waals surface area contributed by atoms with Crippen LogP contribution in [0.25, 0.3) is 0 Å². The van der Waals surface area contributed by atoms with Gasteiger partial charge in [-0.25, -0.2) is 0 Å². The predicted octanol–water partition coefficient (Wildman–Crippen LogP) is 3.18. The summed E-state index contributed by atoms with van der Waals surface area (Å²) in [5.41, 5.74) is 1.11. The zero-order valence-corrected chi connectivity index (χ0v) is 12.2. The number of hydrogen-bond donors (Lipinski definition) is 1. The van der Waals surface area contributed by atoms with E-state index in [4.69, 9.17) is 4.74 Å². The first-order valence-electron chi connectivity index (χ1n) is 6.78. The Balaban J connectivity index is 1.64. The second-order valence-corrected chi connectivity index (χ2v) is 6.04. The molecule has 2 atom stereocenters. The molecule has 0 radical (unpaired) electrons. The summed E-state index contributed by atoms with van der Waals surface area (Å²) in [4.78, 5) is 13.5. The highest BCUT2D eigenvalue weighted by molar-refractivity contribution is 7.10. The van der Waals surface area contributed by atoms with E-state index in [1.54, 1.807) is 11.3 Å². The molecule has 3 nitrogen and oxygen atoms in total. The summed E-state index contributed by atoms with van der Waals surface area (Å²) >= 11 is 1.66. The SMILES string of the molecule is C[C@@H](NC(=O)[C@@H]1COc2ccccc2C1)c1cccs1. The van der Waals surface area contributed by atoms with Crippen LogP contribution in [0, 0.1) is 5.92 Å². The number of para-hydroxylation sites is 1. The summed E-state index contributed by atoms with van der Waals surface area (Å²) < 4.78 is 5.67. The lowest BCUT2D eigenvalue weighted by Gasteiger charge is -2.25. The van der Waals surface area contributed by atoms with Crippen LogP contribution < -0.4 is 10.1 Å². The molecular weight excluding hydrogens is 270 g/mol. The highest BCUT2D eigenvalue weighted by Crippen LogP contribution is 2.27. The number of carbonyl (C=O) groups is 1. The van der Waals surface area contributed by atoms with Crippen molar-refractivity contribution in [2.45, 2.75) is 19.4 Å². The molecule has 1 amide bonds. The van der Waals surface area contributed by atoms with Crippen LogP contribution in [0.15, 0.2) is 41.8 Å². The molecule has 1 N–H and O–H groups in total. The minimum atomic E-state index is -0.104. The van der Waals surface area contributed by atoms with Gasteiger partial charge >= 0.3 is 0 Å². The molecule has 1 aliphatic heterocycles. The van der Waals surface area contributed by atoms with Gasteiger partial charge in [0.25, 0.3) is 0 Å². The van der Waals surface area contributed by atoms with E-state index in [1.165, 1.54) is 4.88 Å². The van der Waals surface area contributed by atoms with Crippen LogP contribution in [-0.4, -0.2) is 12.5 Å². The Kier molecular flexibility index (Phi) is 3.74. The first kappa shape index (κ1) is 13.2. The minimum Gasteiger partial charge on any atom is -0.492 e. The number of ether oxygens (including phenoxy) is 1. The van der Waals surface area contributed by atoms with Crippen molar-refractivity contribution in [2.24, 2.45) is 5.92 Å². The van der Waals surface area contributed by atoms with E-state index in [1.807, 2.05) is 48.7 Å². The molecule has 0 saturated carbocycles. The Morgan fingerprint density at radius 3 is 3.00 bits per heavy atom. The Hall–Kier alpha value is -1.81. The topological polar surface area (TPSA) is 38.3 Å². The van der Waals surface area contributed by atoms with Gasteiger partial charge in [-0.3, -0.25) is 4.79 Å². The van der Waals surface area contributed by atoms with Crippen molar-refractivity contribution in [3.8, 4) is 5.75 Å². The predicted molar refractivity (Wildman–Crippen MR) is 80.0 cm³/mol. The van der Waals surface area contributed by atoms with Crippen LogP contribution in [0.5, 0.6) is 5.75 Å². The molecule has 3 rings (SSSR count). The third-order valence-electron chi connectivity index (χ3n) is 3.58. The molecule has 2 aromatic rings. The summed E-state index contributed by atoms with van der Waals surface area (Å²) in [6, 6.07) is 12.0. The van der Waals surface area contributed by atoms with Crippen molar-refractivity contribution < 1.29 is 9.53 Å². The normalized spacial score (nSPS) is 18.8. The van der Waals surface area contributed by atoms with Crippen LogP contribution in [0.4, 0.5) is 0 Å². The van der Waals surface area contributed by atoms with Gasteiger partial charge in [-0.15, -0.1) is 11.3 Å². The largest absolute Gasteiger partial charge is 0.492 e. The third-order valence-corrected chi connectivity index (χ3v) is 4.63. The van der Waals surface area contributed by atoms with Crippen LogP contribution in [0.1, 0.15) is 23.4 Å². The first-order valence-corrected chi connectivity index (χ1v) is 7.66. The van der Waals surface area contributed by atoms with Crippen molar-refractivity contribution in [1.29, 1.82) is 0 Å². The van der Waals surface area contributed by atoms with E-state index in [0.717, 1.165) is 17.7 Å². The fourth-order valence-corrected chi connectivity index (χ4v) is 3.17. The lowest BCUT2D eigenvalue weighted by atomic mass is 9.96. The number of rotatable bonds is 3. The summed E-state index contributed by atoms with van der Waals surface area (Å²) in [5.74, 6) is 0.871. The molecule has 1 aromatic carbocycles. The smallest absolute Gasteiger partial charge is 0.227 e. The van der Waals surface area contributed by atoms with Gasteiger partial charge in [-0.05, 0) is 36.4 Å². The highest BCUT2D eigenvalue weighted by atomic mass is 32.1. The minimum absolute atomic E-state index is 0.0553. The molecule has 104 valence electrons. The van der Waals surface area contributed by atoms with Crippen molar-refractivity contribution in [3.63, 3.8) is 0 Å². The molecule has 20 heavy (non-hydrogen) atoms. The first-order chi connectivity index (χ1) is 9.74.